The van der Waals surface area contributed by atoms with Crippen molar-refractivity contribution in [3.05, 3.63) is 12.2 Å². The lowest BCUT2D eigenvalue weighted by molar-refractivity contribution is -0.167. The summed E-state index contributed by atoms with van der Waals surface area (Å²) in [5.74, 6) is -0.885. The molecule has 1 atom stereocenters. The average Bonchev–Trinajstić information content (AvgIpc) is 3.11. The molecular weight excluding hydrogens is 624 g/mol. The highest BCUT2D eigenvalue weighted by atomic mass is 16.6. The normalized spacial score (nSPS) is 12.0. The zero-order chi connectivity index (χ0) is 36.6. The first-order chi connectivity index (χ1) is 24.5. The molecule has 0 bridgehead atoms. The summed E-state index contributed by atoms with van der Waals surface area (Å²) in [6.45, 7) is 6.52. The molecule has 0 aromatic heterocycles. The monoisotopic (exact) mass is 707 g/mol. The fraction of sp³-hybridized carbons (Fsp3) is 0.886. The molecule has 0 spiro atoms. The molecule has 0 saturated heterocycles. The lowest BCUT2D eigenvalue weighted by atomic mass is 10.1. The van der Waals surface area contributed by atoms with Crippen LogP contribution in [0.2, 0.25) is 0 Å². The Morgan fingerprint density at radius 3 is 1.00 bits per heavy atom. The smallest absolute Gasteiger partial charge is 0.306 e. The third-order valence-corrected chi connectivity index (χ3v) is 9.52. The molecule has 6 heteroatoms. The zero-order valence-corrected chi connectivity index (χ0v) is 33.4. The molecule has 0 aromatic carbocycles. The molecule has 0 rings (SSSR count). The second-order valence-electron chi connectivity index (χ2n) is 14.6. The van der Waals surface area contributed by atoms with Crippen LogP contribution in [-0.2, 0) is 28.6 Å². The highest BCUT2D eigenvalue weighted by Crippen LogP contribution is 2.14. The Morgan fingerprint density at radius 2 is 0.660 bits per heavy atom. The lowest BCUT2D eigenvalue weighted by Crippen LogP contribution is -2.30. The summed E-state index contributed by atoms with van der Waals surface area (Å²) in [5.41, 5.74) is 0. The van der Waals surface area contributed by atoms with E-state index in [1.54, 1.807) is 0 Å². The summed E-state index contributed by atoms with van der Waals surface area (Å²) in [7, 11) is 0. The predicted octanol–water partition coefficient (Wildman–Crippen LogP) is 13.5. The van der Waals surface area contributed by atoms with Crippen LogP contribution in [0, 0.1) is 0 Å². The summed E-state index contributed by atoms with van der Waals surface area (Å²) < 4.78 is 16.5. The molecule has 0 aliphatic carbocycles. The Hall–Kier alpha value is -1.85. The van der Waals surface area contributed by atoms with Crippen molar-refractivity contribution < 1.29 is 28.6 Å². The van der Waals surface area contributed by atoms with Crippen LogP contribution in [0.1, 0.15) is 233 Å². The third-order valence-electron chi connectivity index (χ3n) is 9.52. The standard InChI is InChI=1S/C44H82O6/c1-4-7-10-13-15-17-18-19-20-21-22-23-24-25-26-27-29-31-34-37-43(46)49-40-41(39-48-42(45)36-33-30-12-9-6-3)50-44(47)38-35-32-28-16-14-11-8-5-2/h19-20,41H,4-18,21-40H2,1-3H3/b20-19-. The van der Waals surface area contributed by atoms with Gasteiger partial charge in [0.25, 0.3) is 0 Å². The van der Waals surface area contributed by atoms with Crippen molar-refractivity contribution in [2.24, 2.45) is 0 Å². The Kier molecular flexibility index (Phi) is 38.5. The average molecular weight is 707 g/mol. The van der Waals surface area contributed by atoms with Crippen molar-refractivity contribution in [1.29, 1.82) is 0 Å². The molecule has 0 N–H and O–H groups in total. The van der Waals surface area contributed by atoms with Gasteiger partial charge in [-0.2, -0.15) is 0 Å². The SMILES string of the molecule is CCCCCCCC/C=C\CCCCCCCCCCCC(=O)OCC(COC(=O)CCCCCCC)OC(=O)CCCCCCCCCC. The second-order valence-corrected chi connectivity index (χ2v) is 14.6. The van der Waals surface area contributed by atoms with Gasteiger partial charge in [-0.15, -0.1) is 0 Å². The maximum absolute atomic E-state index is 12.5. The summed E-state index contributed by atoms with van der Waals surface area (Å²) in [4.78, 5) is 37.3. The van der Waals surface area contributed by atoms with E-state index >= 15 is 0 Å². The maximum Gasteiger partial charge on any atom is 0.306 e. The molecule has 50 heavy (non-hydrogen) atoms. The summed E-state index contributed by atoms with van der Waals surface area (Å²) >= 11 is 0. The van der Waals surface area contributed by atoms with Crippen LogP contribution in [-0.4, -0.2) is 37.2 Å². The number of esters is 3. The van der Waals surface area contributed by atoms with Crippen molar-refractivity contribution in [1.82, 2.24) is 0 Å². The van der Waals surface area contributed by atoms with Crippen LogP contribution in [0.25, 0.3) is 0 Å². The molecule has 0 amide bonds. The van der Waals surface area contributed by atoms with E-state index in [0.717, 1.165) is 64.2 Å². The van der Waals surface area contributed by atoms with Gasteiger partial charge in [0.15, 0.2) is 6.10 Å². The first-order valence-corrected chi connectivity index (χ1v) is 21.7. The molecule has 294 valence electrons. The van der Waals surface area contributed by atoms with Crippen LogP contribution in [0.4, 0.5) is 0 Å². The third kappa shape index (κ3) is 37.4. The van der Waals surface area contributed by atoms with Crippen LogP contribution >= 0.6 is 0 Å². The van der Waals surface area contributed by atoms with Gasteiger partial charge in [0, 0.05) is 19.3 Å². The van der Waals surface area contributed by atoms with Crippen LogP contribution in [0.3, 0.4) is 0 Å². The number of rotatable bonds is 39. The predicted molar refractivity (Wildman–Crippen MR) is 210 cm³/mol. The van der Waals surface area contributed by atoms with E-state index in [4.69, 9.17) is 14.2 Å². The van der Waals surface area contributed by atoms with Gasteiger partial charge in [0.2, 0.25) is 0 Å². The molecule has 0 aliphatic heterocycles. The van der Waals surface area contributed by atoms with Crippen molar-refractivity contribution in [3.8, 4) is 0 Å². The van der Waals surface area contributed by atoms with Gasteiger partial charge in [-0.25, -0.2) is 0 Å². The Labute approximate surface area is 310 Å². The molecule has 0 aliphatic rings. The quantitative estimate of drug-likeness (QED) is 0.0274. The minimum Gasteiger partial charge on any atom is -0.462 e. The minimum atomic E-state index is -0.759. The molecule has 0 heterocycles. The molecule has 6 nitrogen and oxygen atoms in total. The van der Waals surface area contributed by atoms with Gasteiger partial charge < -0.3 is 14.2 Å². The van der Waals surface area contributed by atoms with Crippen molar-refractivity contribution in [3.63, 3.8) is 0 Å². The van der Waals surface area contributed by atoms with Gasteiger partial charge >= 0.3 is 17.9 Å². The molecule has 0 saturated carbocycles. The molecular formula is C44H82O6. The van der Waals surface area contributed by atoms with Crippen LogP contribution < -0.4 is 0 Å². The summed E-state index contributed by atoms with van der Waals surface area (Å²) in [5, 5.41) is 0. The number of ether oxygens (including phenoxy) is 3. The largest absolute Gasteiger partial charge is 0.462 e. The Balaban J connectivity index is 4.09. The van der Waals surface area contributed by atoms with Gasteiger partial charge in [0.05, 0.1) is 0 Å². The van der Waals surface area contributed by atoms with Crippen LogP contribution in [0.15, 0.2) is 12.2 Å². The highest BCUT2D eigenvalue weighted by Gasteiger charge is 2.19. The zero-order valence-electron chi connectivity index (χ0n) is 33.4. The minimum absolute atomic E-state index is 0.0688. The van der Waals surface area contributed by atoms with Crippen LogP contribution in [0.5, 0.6) is 0 Å². The van der Waals surface area contributed by atoms with Gasteiger partial charge in [-0.1, -0.05) is 181 Å². The van der Waals surface area contributed by atoms with E-state index < -0.39 is 6.10 Å². The number of unbranched alkanes of at least 4 members (excludes halogenated alkanes) is 26. The van der Waals surface area contributed by atoms with Crippen molar-refractivity contribution in [2.75, 3.05) is 13.2 Å². The molecule has 0 aromatic rings. The first kappa shape index (κ1) is 48.1. The van der Waals surface area contributed by atoms with Crippen molar-refractivity contribution >= 4 is 17.9 Å². The highest BCUT2D eigenvalue weighted by molar-refractivity contribution is 5.71. The Bertz CT molecular complexity index is 778. The first-order valence-electron chi connectivity index (χ1n) is 21.7. The summed E-state index contributed by atoms with van der Waals surface area (Å²) in [6.07, 6.45) is 40.9. The number of hydrogen-bond acceptors (Lipinski definition) is 6. The number of carbonyl (C=O) groups excluding carboxylic acids is 3. The molecule has 0 fully saturated rings. The van der Waals surface area contributed by atoms with Gasteiger partial charge in [-0.3, -0.25) is 14.4 Å². The lowest BCUT2D eigenvalue weighted by Gasteiger charge is -2.18. The van der Waals surface area contributed by atoms with E-state index in [1.807, 2.05) is 0 Å². The van der Waals surface area contributed by atoms with Gasteiger partial charge in [-0.05, 0) is 44.9 Å². The van der Waals surface area contributed by atoms with E-state index in [0.29, 0.717) is 19.3 Å². The number of allylic oxidation sites excluding steroid dienone is 2. The second kappa shape index (κ2) is 39.9. The summed E-state index contributed by atoms with van der Waals surface area (Å²) in [6, 6.07) is 0. The fourth-order valence-electron chi connectivity index (χ4n) is 6.20. The van der Waals surface area contributed by atoms with E-state index in [9.17, 15) is 14.4 Å². The molecule has 1 unspecified atom stereocenters. The number of hydrogen-bond donors (Lipinski definition) is 0. The topological polar surface area (TPSA) is 78.9 Å². The maximum atomic E-state index is 12.5. The molecule has 0 radical (unpaired) electrons. The van der Waals surface area contributed by atoms with Crippen molar-refractivity contribution in [2.45, 2.75) is 239 Å². The fourth-order valence-corrected chi connectivity index (χ4v) is 6.20. The number of carbonyl (C=O) groups is 3. The Morgan fingerprint density at radius 1 is 0.380 bits per heavy atom. The van der Waals surface area contributed by atoms with E-state index in [2.05, 4.69) is 32.9 Å². The van der Waals surface area contributed by atoms with Gasteiger partial charge in [0.1, 0.15) is 13.2 Å². The van der Waals surface area contributed by atoms with E-state index in [1.165, 1.54) is 128 Å². The van der Waals surface area contributed by atoms with E-state index in [-0.39, 0.29) is 31.1 Å².